The van der Waals surface area contributed by atoms with Crippen LogP contribution in [0, 0.1) is 13.8 Å². The summed E-state index contributed by atoms with van der Waals surface area (Å²) in [6.45, 7) is 7.60. The first-order valence-corrected chi connectivity index (χ1v) is 8.23. The number of amides is 2. The zero-order chi connectivity index (χ0) is 17.3. The van der Waals surface area contributed by atoms with Crippen LogP contribution in [0.3, 0.4) is 0 Å². The number of rotatable bonds is 3. The molecule has 3 rings (SSSR count). The number of carbonyl (C=O) groups excluding carboxylic acids is 2. The van der Waals surface area contributed by atoms with Crippen molar-refractivity contribution in [2.24, 2.45) is 5.10 Å². The monoisotopic (exact) mass is 333 g/mol. The minimum atomic E-state index is -0.0497. The lowest BCUT2D eigenvalue weighted by Crippen LogP contribution is -2.51. The minimum absolute atomic E-state index is 0.0455. The molecule has 0 aromatic carbocycles. The Morgan fingerprint density at radius 1 is 1.17 bits per heavy atom. The van der Waals surface area contributed by atoms with E-state index in [0.717, 1.165) is 36.7 Å². The van der Waals surface area contributed by atoms with Crippen LogP contribution in [0.2, 0.25) is 0 Å². The fourth-order valence-electron chi connectivity index (χ4n) is 3.07. The van der Waals surface area contributed by atoms with Gasteiger partial charge in [-0.3, -0.25) is 14.5 Å². The summed E-state index contributed by atoms with van der Waals surface area (Å²) in [6, 6.07) is 0. The van der Waals surface area contributed by atoms with Crippen LogP contribution in [0.1, 0.15) is 29.9 Å². The van der Waals surface area contributed by atoms with Gasteiger partial charge >= 0.3 is 0 Å². The SMILES string of the molecule is Cc1noc(C)c1CN1CCN(C(=O)C2=NN(C)C(=O)CC2)CC1. The van der Waals surface area contributed by atoms with E-state index in [1.165, 1.54) is 5.01 Å². The first kappa shape index (κ1) is 16.6. The molecular formula is C16H23N5O3. The smallest absolute Gasteiger partial charge is 0.270 e. The number of aryl methyl sites for hydroxylation is 2. The van der Waals surface area contributed by atoms with Gasteiger partial charge in [-0.15, -0.1) is 0 Å². The first-order chi connectivity index (χ1) is 11.5. The number of hydrazone groups is 1. The molecule has 0 bridgehead atoms. The Labute approximate surface area is 141 Å². The van der Waals surface area contributed by atoms with E-state index in [9.17, 15) is 9.59 Å². The van der Waals surface area contributed by atoms with Gasteiger partial charge in [0, 0.05) is 58.2 Å². The molecule has 1 aromatic heterocycles. The maximum atomic E-state index is 12.6. The summed E-state index contributed by atoms with van der Waals surface area (Å²) in [5, 5.41) is 9.37. The topological polar surface area (TPSA) is 82.2 Å². The number of hydrogen-bond acceptors (Lipinski definition) is 6. The lowest BCUT2D eigenvalue weighted by atomic mass is 10.1. The van der Waals surface area contributed by atoms with Crippen molar-refractivity contribution in [2.75, 3.05) is 33.2 Å². The van der Waals surface area contributed by atoms with E-state index in [0.29, 0.717) is 31.6 Å². The zero-order valence-electron chi connectivity index (χ0n) is 14.4. The van der Waals surface area contributed by atoms with Crippen molar-refractivity contribution in [3.8, 4) is 0 Å². The molecule has 0 saturated carbocycles. The Kier molecular flexibility index (Phi) is 4.66. The van der Waals surface area contributed by atoms with Crippen LogP contribution in [-0.4, -0.2) is 70.7 Å². The molecule has 8 nitrogen and oxygen atoms in total. The Hall–Kier alpha value is -2.22. The molecule has 1 aromatic rings. The summed E-state index contributed by atoms with van der Waals surface area (Å²) in [5.41, 5.74) is 2.54. The maximum Gasteiger partial charge on any atom is 0.270 e. The van der Waals surface area contributed by atoms with E-state index < -0.39 is 0 Å². The maximum absolute atomic E-state index is 12.6. The lowest BCUT2D eigenvalue weighted by molar-refractivity contribution is -0.131. The van der Waals surface area contributed by atoms with Crippen molar-refractivity contribution >= 4 is 17.5 Å². The van der Waals surface area contributed by atoms with Crippen LogP contribution in [0.25, 0.3) is 0 Å². The molecule has 2 amide bonds. The number of carbonyl (C=O) groups is 2. The quantitative estimate of drug-likeness (QED) is 0.806. The fourth-order valence-corrected chi connectivity index (χ4v) is 3.07. The fraction of sp³-hybridized carbons (Fsp3) is 0.625. The van der Waals surface area contributed by atoms with E-state index in [1.54, 1.807) is 7.05 Å². The average molecular weight is 333 g/mol. The van der Waals surface area contributed by atoms with Crippen molar-refractivity contribution in [1.29, 1.82) is 0 Å². The number of piperazine rings is 1. The highest BCUT2D eigenvalue weighted by molar-refractivity contribution is 6.39. The first-order valence-electron chi connectivity index (χ1n) is 8.23. The normalized spacial score (nSPS) is 19.6. The average Bonchev–Trinajstić information content (AvgIpc) is 2.89. The van der Waals surface area contributed by atoms with Gasteiger partial charge < -0.3 is 9.42 Å². The van der Waals surface area contributed by atoms with Crippen LogP contribution in [0.15, 0.2) is 9.62 Å². The summed E-state index contributed by atoms with van der Waals surface area (Å²) in [6.07, 6.45) is 0.786. The largest absolute Gasteiger partial charge is 0.361 e. The highest BCUT2D eigenvalue weighted by Gasteiger charge is 2.28. The molecule has 2 aliphatic heterocycles. The third kappa shape index (κ3) is 3.33. The third-order valence-electron chi connectivity index (χ3n) is 4.68. The predicted octanol–water partition coefficient (Wildman–Crippen LogP) is 0.544. The summed E-state index contributed by atoms with van der Waals surface area (Å²) >= 11 is 0. The highest BCUT2D eigenvalue weighted by Crippen LogP contribution is 2.17. The highest BCUT2D eigenvalue weighted by atomic mass is 16.5. The van der Waals surface area contributed by atoms with Gasteiger partial charge in [-0.2, -0.15) is 5.10 Å². The van der Waals surface area contributed by atoms with E-state index in [4.69, 9.17) is 4.52 Å². The summed E-state index contributed by atoms with van der Waals surface area (Å²) in [7, 11) is 1.59. The standard InChI is InChI=1S/C16H23N5O3/c1-11-13(12(2)24-18-11)10-20-6-8-21(9-7-20)16(23)14-4-5-15(22)19(3)17-14/h4-10H2,1-3H3. The van der Waals surface area contributed by atoms with Crippen LogP contribution in [0.4, 0.5) is 0 Å². The number of hydrogen-bond donors (Lipinski definition) is 0. The molecule has 0 spiro atoms. The third-order valence-corrected chi connectivity index (χ3v) is 4.68. The molecule has 0 radical (unpaired) electrons. The van der Waals surface area contributed by atoms with Gasteiger partial charge in [0.2, 0.25) is 5.91 Å². The van der Waals surface area contributed by atoms with Gasteiger partial charge in [0.05, 0.1) is 5.69 Å². The van der Waals surface area contributed by atoms with Crippen LogP contribution in [-0.2, 0) is 16.1 Å². The second-order valence-electron chi connectivity index (χ2n) is 6.34. The van der Waals surface area contributed by atoms with Gasteiger partial charge in [-0.25, -0.2) is 5.01 Å². The van der Waals surface area contributed by atoms with Crippen LogP contribution >= 0.6 is 0 Å². The van der Waals surface area contributed by atoms with E-state index in [1.807, 2.05) is 18.7 Å². The summed E-state index contributed by atoms with van der Waals surface area (Å²) < 4.78 is 5.21. The lowest BCUT2D eigenvalue weighted by Gasteiger charge is -2.35. The number of aromatic nitrogens is 1. The zero-order valence-corrected chi connectivity index (χ0v) is 14.4. The molecule has 0 aliphatic carbocycles. The molecule has 0 atom stereocenters. The Balaban J connectivity index is 1.56. The Bertz CT molecular complexity index is 654. The molecule has 130 valence electrons. The molecule has 24 heavy (non-hydrogen) atoms. The second kappa shape index (κ2) is 6.72. The van der Waals surface area contributed by atoms with Crippen molar-refractivity contribution in [1.82, 2.24) is 20.0 Å². The van der Waals surface area contributed by atoms with Gasteiger partial charge in [-0.1, -0.05) is 5.16 Å². The molecule has 0 N–H and O–H groups in total. The van der Waals surface area contributed by atoms with Gasteiger partial charge in [0.25, 0.3) is 5.91 Å². The Morgan fingerprint density at radius 3 is 2.46 bits per heavy atom. The van der Waals surface area contributed by atoms with E-state index >= 15 is 0 Å². The van der Waals surface area contributed by atoms with Gasteiger partial charge in [-0.05, 0) is 13.8 Å². The molecular weight excluding hydrogens is 310 g/mol. The Morgan fingerprint density at radius 2 is 1.88 bits per heavy atom. The molecule has 1 fully saturated rings. The van der Waals surface area contributed by atoms with Gasteiger partial charge in [0.1, 0.15) is 11.5 Å². The van der Waals surface area contributed by atoms with Crippen LogP contribution in [0.5, 0.6) is 0 Å². The van der Waals surface area contributed by atoms with E-state index in [-0.39, 0.29) is 11.8 Å². The molecule has 1 saturated heterocycles. The molecule has 8 heteroatoms. The van der Waals surface area contributed by atoms with Crippen molar-refractivity contribution in [2.45, 2.75) is 33.2 Å². The van der Waals surface area contributed by atoms with E-state index in [2.05, 4.69) is 15.2 Å². The van der Waals surface area contributed by atoms with Crippen molar-refractivity contribution in [3.63, 3.8) is 0 Å². The molecule has 0 unspecified atom stereocenters. The minimum Gasteiger partial charge on any atom is -0.361 e. The molecule has 3 heterocycles. The number of nitrogens with zero attached hydrogens (tertiary/aromatic N) is 5. The second-order valence-corrected chi connectivity index (χ2v) is 6.34. The summed E-state index contributed by atoms with van der Waals surface area (Å²) in [5.74, 6) is 0.762. The predicted molar refractivity (Wildman–Crippen MR) is 87.3 cm³/mol. The van der Waals surface area contributed by atoms with Crippen molar-refractivity contribution < 1.29 is 14.1 Å². The molecule has 2 aliphatic rings. The van der Waals surface area contributed by atoms with Crippen LogP contribution < -0.4 is 0 Å². The van der Waals surface area contributed by atoms with Gasteiger partial charge in [0.15, 0.2) is 0 Å². The summed E-state index contributed by atoms with van der Waals surface area (Å²) in [4.78, 5) is 28.1. The van der Waals surface area contributed by atoms with Crippen molar-refractivity contribution in [3.05, 3.63) is 17.0 Å².